The number of benzene rings is 1. The highest BCUT2D eigenvalue weighted by Gasteiger charge is 2.41. The summed E-state index contributed by atoms with van der Waals surface area (Å²) in [7, 11) is 2.04. The highest BCUT2D eigenvalue weighted by molar-refractivity contribution is 5.87. The predicted octanol–water partition coefficient (Wildman–Crippen LogP) is 4.37. The van der Waals surface area contributed by atoms with E-state index in [0.717, 1.165) is 49.6 Å². The lowest BCUT2D eigenvalue weighted by molar-refractivity contribution is -0.136. The molecule has 2 aliphatic rings. The number of hydrogen-bond acceptors (Lipinski definition) is 4. The zero-order valence-corrected chi connectivity index (χ0v) is 20.1. The Balaban J connectivity index is 1.43. The molecule has 0 radical (unpaired) electrons. The minimum atomic E-state index is -0.573. The van der Waals surface area contributed by atoms with Crippen LogP contribution >= 0.6 is 0 Å². The van der Waals surface area contributed by atoms with Gasteiger partial charge in [-0.25, -0.2) is 4.79 Å². The third-order valence-corrected chi connectivity index (χ3v) is 6.83. The first-order valence-electron chi connectivity index (χ1n) is 12.0. The lowest BCUT2D eigenvalue weighted by Crippen LogP contribution is -2.50. The third kappa shape index (κ3) is 4.85. The Morgan fingerprint density at radius 2 is 1.85 bits per heavy atom. The van der Waals surface area contributed by atoms with E-state index < -0.39 is 11.6 Å². The Morgan fingerprint density at radius 1 is 1.12 bits per heavy atom. The minimum absolute atomic E-state index is 0.0663. The van der Waals surface area contributed by atoms with Crippen molar-refractivity contribution in [2.75, 3.05) is 13.1 Å². The van der Waals surface area contributed by atoms with Crippen molar-refractivity contribution in [3.63, 3.8) is 0 Å². The van der Waals surface area contributed by atoms with Gasteiger partial charge in [-0.15, -0.1) is 0 Å². The number of carbonyl (C=O) groups excluding carboxylic acids is 2. The number of likely N-dealkylation sites (tertiary alicyclic amines) is 2. The van der Waals surface area contributed by atoms with Crippen LogP contribution in [-0.4, -0.2) is 57.1 Å². The van der Waals surface area contributed by atoms with Crippen LogP contribution in [0.3, 0.4) is 0 Å². The summed E-state index contributed by atoms with van der Waals surface area (Å²) in [6.45, 7) is 6.88. The van der Waals surface area contributed by atoms with Crippen LogP contribution in [0.4, 0.5) is 4.79 Å². The van der Waals surface area contributed by atoms with E-state index in [1.54, 1.807) is 4.90 Å². The lowest BCUT2D eigenvalue weighted by atomic mass is 10.1. The second-order valence-corrected chi connectivity index (χ2v) is 10.3. The smallest absolute Gasteiger partial charge is 0.410 e. The number of aromatic nitrogens is 1. The lowest BCUT2D eigenvalue weighted by Gasteiger charge is -2.32. The van der Waals surface area contributed by atoms with Gasteiger partial charge >= 0.3 is 6.09 Å². The molecule has 176 valence electrons. The molecular weight excluding hydrogens is 416 g/mol. The average molecular weight is 451 g/mol. The van der Waals surface area contributed by atoms with Crippen molar-refractivity contribution in [2.24, 2.45) is 7.05 Å². The molecule has 2 saturated heterocycles. The molecule has 0 spiro atoms. The number of rotatable bonds is 4. The van der Waals surface area contributed by atoms with Gasteiger partial charge in [0.1, 0.15) is 11.6 Å². The Morgan fingerprint density at radius 3 is 2.58 bits per heavy atom. The van der Waals surface area contributed by atoms with Crippen LogP contribution in [0.25, 0.3) is 10.9 Å². The molecule has 33 heavy (non-hydrogen) atoms. The monoisotopic (exact) mass is 450 g/mol. The average Bonchev–Trinajstić information content (AvgIpc) is 3.49. The van der Waals surface area contributed by atoms with Gasteiger partial charge in [-0.1, -0.05) is 6.07 Å². The molecule has 2 aliphatic heterocycles. The Labute approximate surface area is 195 Å². The van der Waals surface area contributed by atoms with Crippen LogP contribution in [0.2, 0.25) is 0 Å². The quantitative estimate of drug-likeness (QED) is 0.693. The highest BCUT2D eigenvalue weighted by atomic mass is 16.6. The highest BCUT2D eigenvalue weighted by Crippen LogP contribution is 2.29. The molecule has 1 aromatic heterocycles. The van der Waals surface area contributed by atoms with Gasteiger partial charge in [0, 0.05) is 37.4 Å². The van der Waals surface area contributed by atoms with Crippen LogP contribution in [0.5, 0.6) is 0 Å². The first-order chi connectivity index (χ1) is 15.7. The molecule has 0 saturated carbocycles. The molecule has 7 nitrogen and oxygen atoms in total. The summed E-state index contributed by atoms with van der Waals surface area (Å²) < 4.78 is 7.70. The van der Waals surface area contributed by atoms with E-state index >= 15 is 0 Å². The van der Waals surface area contributed by atoms with Crippen LogP contribution in [-0.2, 0) is 23.0 Å². The minimum Gasteiger partial charge on any atom is -0.444 e. The van der Waals surface area contributed by atoms with E-state index in [2.05, 4.69) is 16.7 Å². The van der Waals surface area contributed by atoms with E-state index in [1.807, 2.05) is 50.9 Å². The topological polar surface area (TPSA) is 78.6 Å². The summed E-state index contributed by atoms with van der Waals surface area (Å²) in [4.78, 5) is 29.8. The molecule has 2 aromatic rings. The second-order valence-electron chi connectivity index (χ2n) is 10.3. The molecule has 2 fully saturated rings. The summed E-state index contributed by atoms with van der Waals surface area (Å²) in [6.07, 6.45) is 4.88. The number of ether oxygens (including phenoxy) is 1. The van der Waals surface area contributed by atoms with Crippen molar-refractivity contribution in [1.82, 2.24) is 14.4 Å². The number of carbonyl (C=O) groups is 2. The van der Waals surface area contributed by atoms with Gasteiger partial charge in [-0.05, 0) is 82.9 Å². The van der Waals surface area contributed by atoms with Crippen LogP contribution in [0.1, 0.15) is 64.1 Å². The van der Waals surface area contributed by atoms with E-state index in [-0.39, 0.29) is 18.0 Å². The molecule has 7 heteroatoms. The van der Waals surface area contributed by atoms with Crippen molar-refractivity contribution >= 4 is 22.9 Å². The van der Waals surface area contributed by atoms with Gasteiger partial charge in [0.25, 0.3) is 0 Å². The molecule has 3 heterocycles. The summed E-state index contributed by atoms with van der Waals surface area (Å²) in [5.41, 5.74) is 2.35. The SMILES string of the molecule is Cn1c(CC[C@@H]2CCCN2C(=O)[C@H]2CCCN2C(=O)OC(C)(C)C)cc2ccc(C#N)cc21. The van der Waals surface area contributed by atoms with Crippen molar-refractivity contribution in [2.45, 2.75) is 77.0 Å². The van der Waals surface area contributed by atoms with Crippen molar-refractivity contribution in [1.29, 1.82) is 5.26 Å². The Hall–Kier alpha value is -3.01. The molecule has 0 aliphatic carbocycles. The van der Waals surface area contributed by atoms with Crippen molar-refractivity contribution in [3.05, 3.63) is 35.5 Å². The summed E-state index contributed by atoms with van der Waals surface area (Å²) in [6, 6.07) is 9.93. The third-order valence-electron chi connectivity index (χ3n) is 6.83. The van der Waals surface area contributed by atoms with Crippen LogP contribution in [0.15, 0.2) is 24.3 Å². The summed E-state index contributed by atoms with van der Waals surface area (Å²) >= 11 is 0. The van der Waals surface area contributed by atoms with E-state index in [1.165, 1.54) is 5.69 Å². The van der Waals surface area contributed by atoms with Gasteiger partial charge < -0.3 is 14.2 Å². The Bertz CT molecular complexity index is 1090. The number of nitriles is 1. The molecule has 0 bridgehead atoms. The maximum absolute atomic E-state index is 13.5. The number of amides is 2. The molecule has 0 N–H and O–H groups in total. The summed E-state index contributed by atoms with van der Waals surface area (Å²) in [5, 5.41) is 10.3. The van der Waals surface area contributed by atoms with Gasteiger partial charge in [-0.2, -0.15) is 5.26 Å². The number of nitrogens with zero attached hydrogens (tertiary/aromatic N) is 4. The number of hydrogen-bond donors (Lipinski definition) is 0. The second kappa shape index (κ2) is 9.09. The van der Waals surface area contributed by atoms with Crippen molar-refractivity contribution < 1.29 is 14.3 Å². The first-order valence-corrected chi connectivity index (χ1v) is 12.0. The molecule has 2 amide bonds. The fourth-order valence-electron chi connectivity index (χ4n) is 5.19. The molecule has 4 rings (SSSR count). The maximum Gasteiger partial charge on any atom is 0.410 e. The zero-order chi connectivity index (χ0) is 23.8. The van der Waals surface area contributed by atoms with E-state index in [4.69, 9.17) is 4.74 Å². The predicted molar refractivity (Wildman–Crippen MR) is 127 cm³/mol. The standard InChI is InChI=1S/C26H34N4O3/c1-26(2,3)33-25(32)30-14-6-8-22(30)24(31)29-13-5-7-20(29)11-12-21-16-19-10-9-18(17-27)15-23(19)28(21)4/h9-10,15-16,20,22H,5-8,11-14H2,1-4H3/t20-,22+/m0/s1. The van der Waals surface area contributed by atoms with Gasteiger partial charge in [-0.3, -0.25) is 9.69 Å². The van der Waals surface area contributed by atoms with Crippen LogP contribution < -0.4 is 0 Å². The maximum atomic E-state index is 13.5. The fraction of sp³-hybridized carbons (Fsp3) is 0.577. The Kier molecular flexibility index (Phi) is 6.38. The van der Waals surface area contributed by atoms with E-state index in [0.29, 0.717) is 18.5 Å². The molecule has 0 unspecified atom stereocenters. The molecular formula is C26H34N4O3. The molecule has 1 aromatic carbocycles. The van der Waals surface area contributed by atoms with Crippen molar-refractivity contribution in [3.8, 4) is 6.07 Å². The van der Waals surface area contributed by atoms with E-state index in [9.17, 15) is 14.9 Å². The normalized spacial score (nSPS) is 20.9. The van der Waals surface area contributed by atoms with Gasteiger partial charge in [0.15, 0.2) is 0 Å². The molecule has 2 atom stereocenters. The number of aryl methyl sites for hydroxylation is 2. The summed E-state index contributed by atoms with van der Waals surface area (Å²) in [5.74, 6) is 0.0663. The largest absolute Gasteiger partial charge is 0.444 e. The zero-order valence-electron chi connectivity index (χ0n) is 20.1. The van der Waals surface area contributed by atoms with Gasteiger partial charge in [0.2, 0.25) is 5.91 Å². The fourth-order valence-corrected chi connectivity index (χ4v) is 5.19. The first kappa shape index (κ1) is 23.2. The van der Waals surface area contributed by atoms with Crippen LogP contribution in [0, 0.1) is 11.3 Å². The van der Waals surface area contributed by atoms with Gasteiger partial charge in [0.05, 0.1) is 11.6 Å². The number of fused-ring (bicyclic) bond motifs is 1.